The summed E-state index contributed by atoms with van der Waals surface area (Å²) in [5, 5.41) is 30.7. The number of carbonyl (C=O) groups is 1. The van der Waals surface area contributed by atoms with Gasteiger partial charge in [0.2, 0.25) is 0 Å². The van der Waals surface area contributed by atoms with Crippen LogP contribution in [-0.4, -0.2) is 66.8 Å². The Labute approximate surface area is 154 Å². The van der Waals surface area contributed by atoms with Crippen LogP contribution in [0.2, 0.25) is 0 Å². The minimum atomic E-state index is -1.72. The molecule has 1 fully saturated rings. The third-order valence-electron chi connectivity index (χ3n) is 4.40. The average molecular weight is 376 g/mol. The SMILES string of the molecule is CCOC(=O)C#Cc1cn(C2O[C@H](CO)[C@@H](O)C2(C)O)c2ncnc(N)c12. The van der Waals surface area contributed by atoms with E-state index >= 15 is 0 Å². The van der Waals surface area contributed by atoms with Gasteiger partial charge in [-0.1, -0.05) is 5.92 Å². The van der Waals surface area contributed by atoms with Crippen LogP contribution in [0, 0.1) is 11.8 Å². The Bertz CT molecular complexity index is 929. The number of esters is 1. The normalized spacial score (nSPS) is 27.4. The Morgan fingerprint density at radius 2 is 2.26 bits per heavy atom. The van der Waals surface area contributed by atoms with E-state index in [9.17, 15) is 20.1 Å². The van der Waals surface area contributed by atoms with Gasteiger partial charge in [0.15, 0.2) is 6.23 Å². The van der Waals surface area contributed by atoms with Gasteiger partial charge in [0.25, 0.3) is 0 Å². The maximum Gasteiger partial charge on any atom is 0.384 e. The van der Waals surface area contributed by atoms with E-state index in [1.54, 1.807) is 6.92 Å². The molecule has 2 aromatic heterocycles. The number of fused-ring (bicyclic) bond motifs is 1. The second-order valence-corrected chi connectivity index (χ2v) is 6.26. The Morgan fingerprint density at radius 1 is 1.52 bits per heavy atom. The molecule has 1 aliphatic heterocycles. The van der Waals surface area contributed by atoms with Crippen LogP contribution >= 0.6 is 0 Å². The second-order valence-electron chi connectivity index (χ2n) is 6.26. The molecule has 0 saturated carbocycles. The molecule has 27 heavy (non-hydrogen) atoms. The summed E-state index contributed by atoms with van der Waals surface area (Å²) in [6, 6.07) is 0. The molecule has 0 bridgehead atoms. The van der Waals surface area contributed by atoms with Gasteiger partial charge in [0.05, 0.1) is 24.2 Å². The number of hydrogen-bond acceptors (Lipinski definition) is 9. The van der Waals surface area contributed by atoms with Crippen molar-refractivity contribution in [3.63, 3.8) is 0 Å². The van der Waals surface area contributed by atoms with Crippen LogP contribution in [0.15, 0.2) is 12.5 Å². The highest BCUT2D eigenvalue weighted by Gasteiger charge is 2.53. The van der Waals surface area contributed by atoms with Crippen molar-refractivity contribution in [3.8, 4) is 11.8 Å². The highest BCUT2D eigenvalue weighted by Crippen LogP contribution is 2.40. The fraction of sp³-hybridized carbons (Fsp3) is 0.471. The summed E-state index contributed by atoms with van der Waals surface area (Å²) in [7, 11) is 0. The molecule has 0 aliphatic carbocycles. The van der Waals surface area contributed by atoms with E-state index in [0.29, 0.717) is 16.6 Å². The minimum absolute atomic E-state index is 0.129. The molecule has 0 amide bonds. The molecule has 2 aromatic rings. The van der Waals surface area contributed by atoms with Crippen molar-refractivity contribution in [1.82, 2.24) is 14.5 Å². The second kappa shape index (κ2) is 7.13. The number of rotatable bonds is 3. The summed E-state index contributed by atoms with van der Waals surface area (Å²) in [5.74, 6) is 4.44. The van der Waals surface area contributed by atoms with Gasteiger partial charge in [-0.2, -0.15) is 0 Å². The Hall–Kier alpha value is -2.71. The summed E-state index contributed by atoms with van der Waals surface area (Å²) < 4.78 is 11.8. The maximum atomic E-state index is 11.5. The van der Waals surface area contributed by atoms with E-state index in [-0.39, 0.29) is 12.4 Å². The lowest BCUT2D eigenvalue weighted by Gasteiger charge is -2.27. The number of anilines is 1. The number of aliphatic hydroxyl groups excluding tert-OH is 2. The van der Waals surface area contributed by atoms with Crippen molar-refractivity contribution in [1.29, 1.82) is 0 Å². The Balaban J connectivity index is 2.13. The number of nitrogen functional groups attached to an aromatic ring is 1. The third kappa shape index (κ3) is 3.22. The fourth-order valence-electron chi connectivity index (χ4n) is 3.06. The molecule has 1 saturated heterocycles. The van der Waals surface area contributed by atoms with Crippen molar-refractivity contribution in [2.45, 2.75) is 37.9 Å². The third-order valence-corrected chi connectivity index (χ3v) is 4.40. The number of aliphatic hydroxyl groups is 3. The van der Waals surface area contributed by atoms with E-state index in [1.807, 2.05) is 0 Å². The van der Waals surface area contributed by atoms with Gasteiger partial charge >= 0.3 is 5.97 Å². The molecule has 10 nitrogen and oxygen atoms in total. The highest BCUT2D eigenvalue weighted by atomic mass is 16.6. The van der Waals surface area contributed by atoms with Crippen molar-refractivity contribution in [2.24, 2.45) is 0 Å². The van der Waals surface area contributed by atoms with Crippen LogP contribution in [0.4, 0.5) is 5.82 Å². The highest BCUT2D eigenvalue weighted by molar-refractivity contribution is 5.95. The summed E-state index contributed by atoms with van der Waals surface area (Å²) >= 11 is 0. The van der Waals surface area contributed by atoms with E-state index in [0.717, 1.165) is 0 Å². The largest absolute Gasteiger partial charge is 0.456 e. The first-order valence-electron chi connectivity index (χ1n) is 8.27. The number of ether oxygens (including phenoxy) is 2. The first-order valence-corrected chi connectivity index (χ1v) is 8.27. The zero-order valence-electron chi connectivity index (χ0n) is 14.8. The van der Waals surface area contributed by atoms with Crippen molar-refractivity contribution in [3.05, 3.63) is 18.1 Å². The number of hydrogen-bond donors (Lipinski definition) is 4. The summed E-state index contributed by atoms with van der Waals surface area (Å²) in [6.45, 7) is 2.78. The van der Waals surface area contributed by atoms with Gasteiger partial charge in [-0.15, -0.1) is 0 Å². The average Bonchev–Trinajstić information content (AvgIpc) is 3.10. The summed E-state index contributed by atoms with van der Waals surface area (Å²) in [5.41, 5.74) is 4.85. The van der Waals surface area contributed by atoms with E-state index in [2.05, 4.69) is 21.8 Å². The molecule has 0 aromatic carbocycles. The van der Waals surface area contributed by atoms with Crippen LogP contribution in [0.3, 0.4) is 0 Å². The Kier molecular flexibility index (Phi) is 5.03. The number of nitrogens with two attached hydrogens (primary N) is 1. The van der Waals surface area contributed by atoms with Gasteiger partial charge < -0.3 is 35.1 Å². The molecule has 3 rings (SSSR count). The molecule has 0 radical (unpaired) electrons. The zero-order valence-corrected chi connectivity index (χ0v) is 14.8. The smallest absolute Gasteiger partial charge is 0.384 e. The van der Waals surface area contributed by atoms with Crippen LogP contribution in [0.25, 0.3) is 11.0 Å². The molecule has 2 unspecified atom stereocenters. The predicted octanol–water partition coefficient (Wildman–Crippen LogP) is -1.07. The maximum absolute atomic E-state index is 11.5. The molecule has 3 heterocycles. The van der Waals surface area contributed by atoms with Gasteiger partial charge in [-0.25, -0.2) is 14.8 Å². The van der Waals surface area contributed by atoms with Crippen LogP contribution in [-0.2, 0) is 14.3 Å². The zero-order chi connectivity index (χ0) is 19.8. The molecule has 1 aliphatic rings. The standard InChI is InChI=1S/C17H20N4O6/c1-3-26-11(23)5-4-9-6-21(15-12(9)14(18)19-8-20-15)16-17(2,25)13(24)10(7-22)27-16/h6,8,10,13,16,22,24-25H,3,7H2,1-2H3,(H2,18,19,20)/t10-,13-,16?,17?/m1/s1. The quantitative estimate of drug-likeness (QED) is 0.387. The first kappa shape index (κ1) is 19.1. The van der Waals surface area contributed by atoms with Crippen LogP contribution in [0.1, 0.15) is 25.6 Å². The van der Waals surface area contributed by atoms with E-state index < -0.39 is 36.6 Å². The van der Waals surface area contributed by atoms with Crippen molar-refractivity contribution >= 4 is 22.8 Å². The van der Waals surface area contributed by atoms with Crippen molar-refractivity contribution < 1.29 is 29.6 Å². The van der Waals surface area contributed by atoms with E-state index in [1.165, 1.54) is 24.0 Å². The summed E-state index contributed by atoms with van der Waals surface area (Å²) in [4.78, 5) is 19.6. The van der Waals surface area contributed by atoms with Crippen LogP contribution < -0.4 is 5.73 Å². The lowest BCUT2D eigenvalue weighted by Crippen LogP contribution is -2.44. The molecule has 10 heteroatoms. The first-order chi connectivity index (χ1) is 12.8. The molecule has 0 spiro atoms. The van der Waals surface area contributed by atoms with Gasteiger partial charge in [-0.3, -0.25) is 0 Å². The summed E-state index contributed by atoms with van der Waals surface area (Å²) in [6.07, 6.45) is -0.637. The lowest BCUT2D eigenvalue weighted by molar-refractivity contribution is -0.136. The molecular formula is C17H20N4O6. The van der Waals surface area contributed by atoms with Crippen LogP contribution in [0.5, 0.6) is 0 Å². The van der Waals surface area contributed by atoms with E-state index in [4.69, 9.17) is 15.2 Å². The van der Waals surface area contributed by atoms with Gasteiger partial charge in [0.1, 0.15) is 35.6 Å². The van der Waals surface area contributed by atoms with Crippen molar-refractivity contribution in [2.75, 3.05) is 18.9 Å². The Morgan fingerprint density at radius 3 is 2.89 bits per heavy atom. The molecule has 5 N–H and O–H groups in total. The molecular weight excluding hydrogens is 356 g/mol. The number of carbonyl (C=O) groups excluding carboxylic acids is 1. The number of aromatic nitrogens is 3. The molecule has 144 valence electrons. The fourth-order valence-corrected chi connectivity index (χ4v) is 3.06. The predicted molar refractivity (Wildman–Crippen MR) is 93.1 cm³/mol. The van der Waals surface area contributed by atoms with Gasteiger partial charge in [0, 0.05) is 12.1 Å². The lowest BCUT2D eigenvalue weighted by atomic mass is 9.96. The number of nitrogens with zero attached hydrogens (tertiary/aromatic N) is 3. The topological polar surface area (TPSA) is 153 Å². The molecule has 4 atom stereocenters. The minimum Gasteiger partial charge on any atom is -0.456 e. The van der Waals surface area contributed by atoms with Gasteiger partial charge in [-0.05, 0) is 13.8 Å². The monoisotopic (exact) mass is 376 g/mol.